The molecule has 0 saturated carbocycles. The predicted molar refractivity (Wildman–Crippen MR) is 59.5 cm³/mol. The molecule has 0 heterocycles. The van der Waals surface area contributed by atoms with Crippen LogP contribution >= 0.6 is 11.6 Å². The third-order valence-electron chi connectivity index (χ3n) is 1.93. The van der Waals surface area contributed by atoms with Gasteiger partial charge in [0.05, 0.1) is 0 Å². The number of halogens is 2. The number of benzene rings is 1. The van der Waals surface area contributed by atoms with E-state index in [2.05, 4.69) is 5.32 Å². The number of hydrogen-bond acceptors (Lipinski definition) is 1. The molecule has 1 rings (SSSR count). The summed E-state index contributed by atoms with van der Waals surface area (Å²) >= 11 is 5.47. The lowest BCUT2D eigenvalue weighted by Crippen LogP contribution is -2.01. The third kappa shape index (κ3) is 3.04. The Balaban J connectivity index is 2.59. The van der Waals surface area contributed by atoms with Crippen LogP contribution in [0.3, 0.4) is 0 Å². The van der Waals surface area contributed by atoms with Crippen LogP contribution in [0.1, 0.15) is 5.56 Å². The second-order valence-electron chi connectivity index (χ2n) is 2.92. The first-order valence-corrected chi connectivity index (χ1v) is 4.99. The molecule has 0 amide bonds. The molecule has 1 nitrogen and oxygen atoms in total. The summed E-state index contributed by atoms with van der Waals surface area (Å²) < 4.78 is 13.1. The molecule has 0 unspecified atom stereocenters. The van der Waals surface area contributed by atoms with Crippen molar-refractivity contribution in [3.05, 3.63) is 41.7 Å². The molecule has 1 aromatic rings. The zero-order chi connectivity index (χ0) is 10.4. The summed E-state index contributed by atoms with van der Waals surface area (Å²) in [5.74, 6) is 0.320. The van der Waals surface area contributed by atoms with E-state index in [-0.39, 0.29) is 5.82 Å². The van der Waals surface area contributed by atoms with Gasteiger partial charge in [-0.1, -0.05) is 18.2 Å². The van der Waals surface area contributed by atoms with Gasteiger partial charge >= 0.3 is 0 Å². The Bertz CT molecular complexity index is 323. The lowest BCUT2D eigenvalue weighted by molar-refractivity contribution is 0.619. The first-order chi connectivity index (χ1) is 6.75. The van der Waals surface area contributed by atoms with E-state index < -0.39 is 0 Å². The number of nitrogens with one attached hydrogen (secondary N) is 1. The Labute approximate surface area is 88.6 Å². The molecular weight excluding hydrogens is 201 g/mol. The predicted octanol–water partition coefficient (Wildman–Crippen LogP) is 3.34. The average Bonchev–Trinajstić information content (AvgIpc) is 2.19. The van der Waals surface area contributed by atoms with Crippen LogP contribution in [0.4, 0.5) is 10.1 Å². The van der Waals surface area contributed by atoms with Crippen molar-refractivity contribution in [2.75, 3.05) is 17.7 Å². The number of allylic oxidation sites excluding steroid dienone is 1. The van der Waals surface area contributed by atoms with Crippen LogP contribution in [0.25, 0.3) is 0 Å². The van der Waals surface area contributed by atoms with Gasteiger partial charge in [-0.2, -0.15) is 0 Å². The third-order valence-corrected chi connectivity index (χ3v) is 2.11. The Morgan fingerprint density at radius 1 is 1.43 bits per heavy atom. The standard InChI is InChI=1S/C11H13ClFN/c1-9-10(13)5-4-6-11(9)14-8-3-2-7-12/h2-6,14H,7-8H2,1H3/b3-2+. The summed E-state index contributed by atoms with van der Waals surface area (Å²) in [7, 11) is 0. The second-order valence-corrected chi connectivity index (χ2v) is 3.23. The van der Waals surface area contributed by atoms with Crippen molar-refractivity contribution in [3.63, 3.8) is 0 Å². The molecule has 0 saturated heterocycles. The van der Waals surface area contributed by atoms with E-state index in [0.29, 0.717) is 18.0 Å². The van der Waals surface area contributed by atoms with Crippen LogP contribution in [0, 0.1) is 12.7 Å². The molecule has 1 aromatic carbocycles. The van der Waals surface area contributed by atoms with Gasteiger partial charge in [-0.05, 0) is 19.1 Å². The van der Waals surface area contributed by atoms with Crippen molar-refractivity contribution >= 4 is 17.3 Å². The van der Waals surface area contributed by atoms with E-state index in [1.807, 2.05) is 18.2 Å². The van der Waals surface area contributed by atoms with Crippen LogP contribution in [-0.2, 0) is 0 Å². The summed E-state index contributed by atoms with van der Waals surface area (Å²) in [6.45, 7) is 2.42. The zero-order valence-corrected chi connectivity index (χ0v) is 8.81. The monoisotopic (exact) mass is 213 g/mol. The van der Waals surface area contributed by atoms with Crippen LogP contribution in [0.15, 0.2) is 30.4 Å². The van der Waals surface area contributed by atoms with E-state index in [0.717, 1.165) is 5.69 Å². The lowest BCUT2D eigenvalue weighted by atomic mass is 10.2. The Morgan fingerprint density at radius 3 is 2.93 bits per heavy atom. The first-order valence-electron chi connectivity index (χ1n) is 4.45. The largest absolute Gasteiger partial charge is 0.381 e. The normalized spacial score (nSPS) is 10.8. The van der Waals surface area contributed by atoms with Crippen LogP contribution in [0.5, 0.6) is 0 Å². The van der Waals surface area contributed by atoms with E-state index in [1.54, 1.807) is 13.0 Å². The SMILES string of the molecule is Cc1c(F)cccc1NC/C=C/CCl. The molecule has 1 N–H and O–H groups in total. The summed E-state index contributed by atoms with van der Waals surface area (Å²) in [5.41, 5.74) is 1.47. The highest BCUT2D eigenvalue weighted by Crippen LogP contribution is 2.16. The van der Waals surface area contributed by atoms with Crippen molar-refractivity contribution in [2.24, 2.45) is 0 Å². The molecule has 0 bridgehead atoms. The fourth-order valence-corrected chi connectivity index (χ4v) is 1.24. The highest BCUT2D eigenvalue weighted by molar-refractivity contribution is 6.18. The molecular formula is C11H13ClFN. The molecule has 0 aliphatic carbocycles. The molecule has 0 aliphatic rings. The molecule has 0 fully saturated rings. The topological polar surface area (TPSA) is 12.0 Å². The van der Waals surface area contributed by atoms with Crippen LogP contribution in [-0.4, -0.2) is 12.4 Å². The van der Waals surface area contributed by atoms with E-state index in [1.165, 1.54) is 6.07 Å². The van der Waals surface area contributed by atoms with Gasteiger partial charge < -0.3 is 5.32 Å². The molecule has 0 atom stereocenters. The van der Waals surface area contributed by atoms with Gasteiger partial charge in [-0.15, -0.1) is 11.6 Å². The number of anilines is 1. The second kappa shape index (κ2) is 5.66. The van der Waals surface area contributed by atoms with Gasteiger partial charge in [0.15, 0.2) is 0 Å². The number of alkyl halides is 1. The highest BCUT2D eigenvalue weighted by atomic mass is 35.5. The van der Waals surface area contributed by atoms with Gasteiger partial charge in [-0.25, -0.2) is 4.39 Å². The fourth-order valence-electron chi connectivity index (χ4n) is 1.11. The molecule has 14 heavy (non-hydrogen) atoms. The number of hydrogen-bond donors (Lipinski definition) is 1. The number of rotatable bonds is 4. The van der Waals surface area contributed by atoms with E-state index in [4.69, 9.17) is 11.6 Å². The van der Waals surface area contributed by atoms with Gasteiger partial charge in [0.25, 0.3) is 0 Å². The maximum atomic E-state index is 13.1. The quantitative estimate of drug-likeness (QED) is 0.598. The van der Waals surface area contributed by atoms with Crippen molar-refractivity contribution in [1.82, 2.24) is 0 Å². The van der Waals surface area contributed by atoms with Crippen molar-refractivity contribution in [3.8, 4) is 0 Å². The van der Waals surface area contributed by atoms with Gasteiger partial charge in [0, 0.05) is 23.7 Å². The maximum Gasteiger partial charge on any atom is 0.128 e. The maximum absolute atomic E-state index is 13.1. The van der Waals surface area contributed by atoms with Crippen molar-refractivity contribution < 1.29 is 4.39 Å². The molecule has 0 aromatic heterocycles. The highest BCUT2D eigenvalue weighted by Gasteiger charge is 2.00. The van der Waals surface area contributed by atoms with Crippen molar-refractivity contribution in [2.45, 2.75) is 6.92 Å². The van der Waals surface area contributed by atoms with Crippen LogP contribution in [0.2, 0.25) is 0 Å². The lowest BCUT2D eigenvalue weighted by Gasteiger charge is -2.07. The zero-order valence-electron chi connectivity index (χ0n) is 8.06. The summed E-state index contributed by atoms with van der Waals surface area (Å²) in [6, 6.07) is 5.00. The van der Waals surface area contributed by atoms with Gasteiger partial charge in [0.1, 0.15) is 5.82 Å². The minimum Gasteiger partial charge on any atom is -0.381 e. The van der Waals surface area contributed by atoms with Gasteiger partial charge in [0.2, 0.25) is 0 Å². The summed E-state index contributed by atoms with van der Waals surface area (Å²) in [4.78, 5) is 0. The fraction of sp³-hybridized carbons (Fsp3) is 0.273. The van der Waals surface area contributed by atoms with Crippen molar-refractivity contribution in [1.29, 1.82) is 0 Å². The molecule has 3 heteroatoms. The minimum atomic E-state index is -0.184. The average molecular weight is 214 g/mol. The smallest absolute Gasteiger partial charge is 0.128 e. The molecule has 0 radical (unpaired) electrons. The first kappa shape index (κ1) is 11.1. The van der Waals surface area contributed by atoms with E-state index >= 15 is 0 Å². The molecule has 0 spiro atoms. The Morgan fingerprint density at radius 2 is 2.21 bits per heavy atom. The molecule has 0 aliphatic heterocycles. The Kier molecular flexibility index (Phi) is 4.47. The van der Waals surface area contributed by atoms with Gasteiger partial charge in [-0.3, -0.25) is 0 Å². The van der Waals surface area contributed by atoms with Crippen LogP contribution < -0.4 is 5.32 Å². The van der Waals surface area contributed by atoms with E-state index in [9.17, 15) is 4.39 Å². The Hall–Kier alpha value is -1.02. The summed E-state index contributed by atoms with van der Waals surface area (Å²) in [6.07, 6.45) is 3.76. The molecule has 76 valence electrons. The summed E-state index contributed by atoms with van der Waals surface area (Å²) in [5, 5.41) is 3.10. The minimum absolute atomic E-state index is 0.184.